The Hall–Kier alpha value is -7.37. The Morgan fingerprint density at radius 1 is 0.582 bits per heavy atom. The molecular weight excluding hydrogens is 1270 g/mol. The first-order chi connectivity index (χ1) is 46.0. The zero-order valence-electron chi connectivity index (χ0n) is 59.3. The van der Waals surface area contributed by atoms with Crippen LogP contribution in [0.25, 0.3) is 0 Å². The van der Waals surface area contributed by atoms with Gasteiger partial charge in [-0.25, -0.2) is 19.2 Å². The number of aliphatic hydroxyl groups excluding tert-OH is 2. The van der Waals surface area contributed by atoms with Gasteiger partial charge in [0.05, 0.1) is 68.3 Å². The number of likely N-dealkylation sites (N-methyl/N-ethyl adjacent to an activating group) is 2. The zero-order chi connectivity index (χ0) is 72.1. The van der Waals surface area contributed by atoms with E-state index in [1.165, 1.54) is 37.9 Å². The summed E-state index contributed by atoms with van der Waals surface area (Å²) >= 11 is 0. The van der Waals surface area contributed by atoms with Crippen molar-refractivity contribution in [2.24, 2.45) is 34.5 Å². The number of para-hydroxylation sites is 2. The zero-order valence-corrected chi connectivity index (χ0v) is 59.3. The molecule has 2 aromatic rings. The number of nitrogens with one attached hydrogen (secondary N) is 4. The molecule has 12 rings (SSSR count). The second-order valence-electron chi connectivity index (χ2n) is 29.5. The number of aliphatic hydroxyl groups is 2. The standard InChI is InChI=1S/C35H51BN4O10.C33H47BN4O10/c1-10-39-14-15-40(30(44)29(39)43)32(46)38-26(19(2)41)28(42)37-25(36-49-24-18-21-17-23(34(21,6)7)35(24,8)50-36)16-20-12-11-13-22(27(20)47-9)31(45)48-33(3,4)5;1-8-37-13-14-38(29(42)28(37)41)31(44)36-25(18(3)39)27(40)35-24(15-19-11-10-12-21(26(19)45-7)30(43)46-9-2)34-47-23-17-20-16-22(32(20,4)5)33(23,6)48-34/h11-13,19,21,23-26,41H,10,14-18H2,1-9H3,(H,37,42)(H,38,46);10-12,18,20,22-25,39H,8-9,13-17H2,1-7H3,(H,35,40)(H,36,44)/t19-,21+,23+,24-,25+,26-,35+;18-,20+,22+,23-,24+,25-,33+/m11/s1. The molecule has 0 unspecified atom stereocenters. The number of nitrogens with zero attached hydrogens (tertiary/aromatic N) is 4. The smallest absolute Gasteiger partial charge is 0.482 e. The fourth-order valence-corrected chi connectivity index (χ4v) is 16.0. The number of methoxy groups -OCH3 is 2. The molecule has 6 aliphatic carbocycles. The Balaban J connectivity index is 0.000000229. The molecule has 4 bridgehead atoms. The number of hydrogen-bond acceptors (Lipinski definition) is 20. The number of hydrogen-bond donors (Lipinski definition) is 6. The molecule has 2 aromatic carbocycles. The number of urea groups is 2. The van der Waals surface area contributed by atoms with Crippen LogP contribution in [0, 0.1) is 34.5 Å². The van der Waals surface area contributed by atoms with Gasteiger partial charge in [-0.3, -0.25) is 38.6 Å². The molecule has 10 fully saturated rings. The van der Waals surface area contributed by atoms with Crippen LogP contribution in [-0.2, 0) is 69.7 Å². The number of amides is 10. The second-order valence-corrected chi connectivity index (χ2v) is 29.5. The van der Waals surface area contributed by atoms with Gasteiger partial charge in [0.25, 0.3) is 0 Å². The molecule has 536 valence electrons. The highest BCUT2D eigenvalue weighted by Crippen LogP contribution is 2.67. The molecule has 0 radical (unpaired) electrons. The minimum absolute atomic E-state index is 0.0557. The molecule has 28 nitrogen and oxygen atoms in total. The van der Waals surface area contributed by atoms with E-state index in [9.17, 15) is 58.2 Å². The van der Waals surface area contributed by atoms with E-state index in [1.807, 2.05) is 0 Å². The molecule has 4 aliphatic heterocycles. The summed E-state index contributed by atoms with van der Waals surface area (Å²) in [5.74, 6) is -6.06. The molecule has 6 N–H and O–H groups in total. The van der Waals surface area contributed by atoms with Crippen LogP contribution >= 0.6 is 0 Å². The SMILES string of the molecule is CCN1CCN(C(=O)N[C@@H](C(=O)N[C@@H](Cc2cccc(C(=O)OC(C)(C)C)c2OC)B2O[C@@H]3C[C@@H]4C[C@@H](C4(C)C)[C@]3(C)O2)[C@@H](C)O)C(=O)C1=O.CCOC(=O)c1cccc(C[C@H](NC(=O)[C@H](NC(=O)N2CCN(CC)C(=O)C2=O)[C@@H](C)O)B2O[C@@H]3C[C@@H]4C[C@@H](C4(C)C)[C@]3(C)O2)c1OC. The summed E-state index contributed by atoms with van der Waals surface area (Å²) in [6, 6.07) is 5.16. The van der Waals surface area contributed by atoms with Gasteiger partial charge < -0.3 is 78.8 Å². The van der Waals surface area contributed by atoms with Crippen molar-refractivity contribution in [3.05, 3.63) is 58.7 Å². The van der Waals surface area contributed by atoms with Gasteiger partial charge in [0.15, 0.2) is 0 Å². The summed E-state index contributed by atoms with van der Waals surface area (Å²) in [5, 5.41) is 32.1. The minimum atomic E-state index is -1.50. The van der Waals surface area contributed by atoms with Gasteiger partial charge >= 0.3 is 61.9 Å². The summed E-state index contributed by atoms with van der Waals surface area (Å²) in [6.45, 7) is 27.2. The van der Waals surface area contributed by atoms with E-state index in [2.05, 4.69) is 62.8 Å². The number of ether oxygens (including phenoxy) is 4. The Bertz CT molecular complexity index is 3420. The van der Waals surface area contributed by atoms with Crippen LogP contribution in [0.4, 0.5) is 9.59 Å². The summed E-state index contributed by atoms with van der Waals surface area (Å²) < 4.78 is 48.8. The highest BCUT2D eigenvalue weighted by Gasteiger charge is 2.70. The Labute approximate surface area is 573 Å². The lowest BCUT2D eigenvalue weighted by Gasteiger charge is -2.64. The van der Waals surface area contributed by atoms with Gasteiger partial charge in [0.1, 0.15) is 40.3 Å². The first-order valence-corrected chi connectivity index (χ1v) is 34.2. The molecule has 10 aliphatic rings. The predicted octanol–water partition coefficient (Wildman–Crippen LogP) is 3.41. The molecule has 98 heavy (non-hydrogen) atoms. The lowest BCUT2D eigenvalue weighted by Crippen LogP contribution is -2.65. The van der Waals surface area contributed by atoms with Crippen LogP contribution < -0.4 is 30.7 Å². The van der Waals surface area contributed by atoms with Gasteiger partial charge in [0.2, 0.25) is 11.8 Å². The number of benzene rings is 2. The Kier molecular flexibility index (Phi) is 22.2. The first-order valence-electron chi connectivity index (χ1n) is 34.2. The van der Waals surface area contributed by atoms with Crippen LogP contribution in [0.3, 0.4) is 0 Å². The quantitative estimate of drug-likeness (QED) is 0.0592. The molecule has 0 spiro atoms. The molecule has 6 saturated carbocycles. The Morgan fingerprint density at radius 2 is 0.969 bits per heavy atom. The van der Waals surface area contributed by atoms with E-state index < -0.39 is 127 Å². The normalized spacial score (nSPS) is 27.6. The number of imide groups is 2. The van der Waals surface area contributed by atoms with Gasteiger partial charge in [-0.15, -0.1) is 0 Å². The average Bonchev–Trinajstić information content (AvgIpc) is 1.41. The van der Waals surface area contributed by atoms with Gasteiger partial charge in [0, 0.05) is 39.3 Å². The van der Waals surface area contributed by atoms with Crippen molar-refractivity contribution in [1.29, 1.82) is 0 Å². The van der Waals surface area contributed by atoms with Crippen molar-refractivity contribution >= 4 is 73.7 Å². The molecule has 0 aromatic heterocycles. The van der Waals surface area contributed by atoms with Crippen LogP contribution in [0.1, 0.15) is 154 Å². The fourth-order valence-electron chi connectivity index (χ4n) is 16.0. The van der Waals surface area contributed by atoms with E-state index in [1.54, 1.807) is 77.9 Å². The van der Waals surface area contributed by atoms with Crippen molar-refractivity contribution in [3.8, 4) is 11.5 Å². The first kappa shape index (κ1) is 74.8. The topological polar surface area (TPSA) is 346 Å². The van der Waals surface area contributed by atoms with Crippen molar-refractivity contribution in [2.45, 2.75) is 201 Å². The highest BCUT2D eigenvalue weighted by molar-refractivity contribution is 6.48. The predicted molar refractivity (Wildman–Crippen MR) is 355 cm³/mol. The number of carbonyl (C=O) groups is 10. The monoisotopic (exact) mass is 1370 g/mol. The third-order valence-electron chi connectivity index (χ3n) is 21.8. The molecule has 4 heterocycles. The molecular formula is C68H98B2N8O20. The van der Waals surface area contributed by atoms with Crippen molar-refractivity contribution in [3.63, 3.8) is 0 Å². The molecule has 30 heteroatoms. The lowest BCUT2D eigenvalue weighted by molar-refractivity contribution is -0.199. The number of rotatable bonds is 21. The van der Waals surface area contributed by atoms with Crippen molar-refractivity contribution in [2.75, 3.05) is 60.1 Å². The number of esters is 2. The fraction of sp³-hybridized carbons (Fsp3) is 0.676. The van der Waals surface area contributed by atoms with E-state index >= 15 is 0 Å². The van der Waals surface area contributed by atoms with Crippen LogP contribution in [0.2, 0.25) is 0 Å². The van der Waals surface area contributed by atoms with E-state index in [0.717, 1.165) is 35.5 Å². The maximum Gasteiger partial charge on any atom is 0.482 e. The number of carbonyl (C=O) groups excluding carboxylic acids is 10. The number of piperazine rings is 2. The summed E-state index contributed by atoms with van der Waals surface area (Å²) in [4.78, 5) is 135. The molecule has 10 amide bonds. The average molecular weight is 1370 g/mol. The largest absolute Gasteiger partial charge is 0.496 e. The van der Waals surface area contributed by atoms with Gasteiger partial charge in [-0.1, -0.05) is 52.0 Å². The summed E-state index contributed by atoms with van der Waals surface area (Å²) in [7, 11) is 1.04. The third kappa shape index (κ3) is 14.5. The third-order valence-corrected chi connectivity index (χ3v) is 21.8. The van der Waals surface area contributed by atoms with Crippen molar-refractivity contribution < 1.29 is 95.7 Å². The minimum Gasteiger partial charge on any atom is -0.496 e. The maximum absolute atomic E-state index is 14.0. The lowest BCUT2D eigenvalue weighted by atomic mass is 9.43. The van der Waals surface area contributed by atoms with Gasteiger partial charge in [-0.05, 0) is 166 Å². The summed E-state index contributed by atoms with van der Waals surface area (Å²) in [6.07, 6.45) is 0.656. The van der Waals surface area contributed by atoms with E-state index in [0.29, 0.717) is 36.1 Å². The highest BCUT2D eigenvalue weighted by atomic mass is 16.7. The second kappa shape index (κ2) is 29.1. The van der Waals surface area contributed by atoms with Crippen molar-refractivity contribution in [1.82, 2.24) is 40.9 Å². The molecule has 14 atom stereocenters. The Morgan fingerprint density at radius 3 is 1.31 bits per heavy atom. The van der Waals surface area contributed by atoms with Gasteiger partial charge in [-0.2, -0.15) is 0 Å². The van der Waals surface area contributed by atoms with Crippen LogP contribution in [0.5, 0.6) is 11.5 Å². The molecule has 4 saturated heterocycles. The summed E-state index contributed by atoms with van der Waals surface area (Å²) in [5.41, 5.74) is -0.267. The van der Waals surface area contributed by atoms with Crippen LogP contribution in [0.15, 0.2) is 36.4 Å². The van der Waals surface area contributed by atoms with E-state index in [-0.39, 0.29) is 103 Å². The van der Waals surface area contributed by atoms with Crippen LogP contribution in [-0.4, -0.2) is 229 Å². The maximum atomic E-state index is 14.0. The van der Waals surface area contributed by atoms with E-state index in [4.69, 9.17) is 37.6 Å².